The van der Waals surface area contributed by atoms with Crippen LogP contribution in [0.4, 0.5) is 0 Å². The van der Waals surface area contributed by atoms with Crippen LogP contribution in [-0.2, 0) is 0 Å². The molecule has 0 spiro atoms. The minimum Gasteiger partial charge on any atom is -0.325 e. The minimum absolute atomic E-state index is 1.11. The lowest BCUT2D eigenvalue weighted by Gasteiger charge is -2.04. The second-order valence-corrected chi connectivity index (χ2v) is 1.33. The Bertz CT molecular complexity index is 104. The summed E-state index contributed by atoms with van der Waals surface area (Å²) in [5.41, 5.74) is 1.11. The molecule has 0 saturated heterocycles. The van der Waals surface area contributed by atoms with Gasteiger partial charge in [0.15, 0.2) is 0 Å². The van der Waals surface area contributed by atoms with Crippen molar-refractivity contribution in [1.29, 1.82) is 0 Å². The molecule has 0 aliphatic heterocycles. The maximum absolute atomic E-state index is 5.11. The van der Waals surface area contributed by atoms with Crippen molar-refractivity contribution in [2.45, 2.75) is 6.92 Å². The van der Waals surface area contributed by atoms with E-state index in [9.17, 15) is 0 Å². The van der Waals surface area contributed by atoms with Crippen LogP contribution in [0.3, 0.4) is 0 Å². The minimum atomic E-state index is 1.11. The maximum Gasteiger partial charge on any atom is 0.0649 e. The van der Waals surface area contributed by atoms with Crippen molar-refractivity contribution in [1.82, 2.24) is 9.89 Å². The number of aryl methyl sites for hydroxylation is 1. The summed E-state index contributed by atoms with van der Waals surface area (Å²) in [6, 6.07) is 0. The lowest BCUT2D eigenvalue weighted by molar-refractivity contribution is 0.711. The molecule has 0 unspecified atom stereocenters. The van der Waals surface area contributed by atoms with Crippen LogP contribution < -0.4 is 5.84 Å². The molecule has 6 heavy (non-hydrogen) atoms. The largest absolute Gasteiger partial charge is 0.325 e. The molecular formula is C3H7N3. The van der Waals surface area contributed by atoms with E-state index in [1.807, 2.05) is 6.92 Å². The molecule has 1 aromatic heterocycles. The second-order valence-electron chi connectivity index (χ2n) is 1.33. The van der Waals surface area contributed by atoms with E-state index in [0.717, 1.165) is 5.69 Å². The van der Waals surface area contributed by atoms with Crippen molar-refractivity contribution >= 4 is 0 Å². The fourth-order valence-electron chi connectivity index (χ4n) is 0.407. The molecule has 0 aliphatic carbocycles. The summed E-state index contributed by atoms with van der Waals surface area (Å²) < 4.78 is 0. The normalized spacial score (nSPS) is 9.50. The number of H-pyrrole nitrogens is 1. The highest BCUT2D eigenvalue weighted by Gasteiger charge is 1.83. The zero-order chi connectivity index (χ0) is 4.57. The number of aromatic amines is 1. The van der Waals surface area contributed by atoms with Crippen LogP contribution in [0.5, 0.6) is 0 Å². The first-order valence-electron chi connectivity index (χ1n) is 1.78. The van der Waals surface area contributed by atoms with E-state index < -0.39 is 0 Å². The summed E-state index contributed by atoms with van der Waals surface area (Å²) in [6.45, 7) is 1.95. The molecule has 0 aromatic carbocycles. The van der Waals surface area contributed by atoms with Crippen molar-refractivity contribution < 1.29 is 0 Å². The molecule has 3 nitrogen and oxygen atoms in total. The van der Waals surface area contributed by atoms with Crippen LogP contribution in [0.15, 0.2) is 6.20 Å². The van der Waals surface area contributed by atoms with Crippen LogP contribution in [-0.4, -0.2) is 9.89 Å². The van der Waals surface area contributed by atoms with E-state index in [2.05, 4.69) is 5.10 Å². The van der Waals surface area contributed by atoms with Crippen molar-refractivity contribution in [3.8, 4) is 0 Å². The van der Waals surface area contributed by atoms with Gasteiger partial charge in [-0.05, 0) is 6.92 Å². The molecule has 0 radical (unpaired) electrons. The third kappa shape index (κ3) is 0.282. The molecule has 1 heterocycles. The first-order valence-corrected chi connectivity index (χ1v) is 1.78. The van der Waals surface area contributed by atoms with Gasteiger partial charge in [-0.3, -0.25) is 5.10 Å². The van der Waals surface area contributed by atoms with Gasteiger partial charge in [-0.2, -0.15) is 0 Å². The first kappa shape index (κ1) is 3.33. The lowest BCUT2D eigenvalue weighted by atomic mass is 10.5. The fraction of sp³-hybridized carbons (Fsp3) is 0.333. The van der Waals surface area contributed by atoms with Gasteiger partial charge in [0.2, 0.25) is 0 Å². The van der Waals surface area contributed by atoms with Crippen molar-refractivity contribution in [3.05, 3.63) is 11.9 Å². The van der Waals surface area contributed by atoms with Crippen molar-refractivity contribution in [2.75, 3.05) is 5.84 Å². The maximum atomic E-state index is 5.11. The molecule has 34 valence electrons. The van der Waals surface area contributed by atoms with Crippen LogP contribution in [0.1, 0.15) is 5.69 Å². The Labute approximate surface area is 35.7 Å². The van der Waals surface area contributed by atoms with Gasteiger partial charge in [0.1, 0.15) is 0 Å². The van der Waals surface area contributed by atoms with Crippen LogP contribution in [0.25, 0.3) is 0 Å². The summed E-state index contributed by atoms with van der Waals surface area (Å²) in [7, 11) is 0. The van der Waals surface area contributed by atoms with Gasteiger partial charge in [-0.1, -0.05) is 0 Å². The molecule has 0 saturated carbocycles. The molecule has 1 aromatic rings. The quantitative estimate of drug-likeness (QED) is 0.422. The number of aromatic nitrogens is 2. The average Bonchev–Trinajstić information content (AvgIpc) is 1.33. The molecule has 1 rings (SSSR count). The van der Waals surface area contributed by atoms with Crippen LogP contribution >= 0.6 is 0 Å². The average molecular weight is 85.1 g/mol. The topological polar surface area (TPSA) is 46.7 Å². The Kier molecular flexibility index (Phi) is 0.445. The first-order chi connectivity index (χ1) is 2.79. The highest BCUT2D eigenvalue weighted by Crippen LogP contribution is 1.85. The van der Waals surface area contributed by atoms with E-state index in [-0.39, 0.29) is 0 Å². The monoisotopic (exact) mass is 85.1 g/mol. The van der Waals surface area contributed by atoms with E-state index in [0.29, 0.717) is 0 Å². The van der Waals surface area contributed by atoms with E-state index >= 15 is 0 Å². The summed E-state index contributed by atoms with van der Waals surface area (Å²) in [6.07, 6.45) is 1.81. The molecule has 0 bridgehead atoms. The van der Waals surface area contributed by atoms with Gasteiger partial charge in [-0.25, -0.2) is 4.79 Å². The Hall–Kier alpha value is -0.860. The predicted molar refractivity (Wildman–Crippen MR) is 23.7 cm³/mol. The number of rotatable bonds is 0. The highest BCUT2D eigenvalue weighted by atomic mass is 15.5. The van der Waals surface area contributed by atoms with Crippen molar-refractivity contribution in [2.24, 2.45) is 0 Å². The number of hydrogen-bond donors (Lipinski definition) is 2. The van der Waals surface area contributed by atoms with Gasteiger partial charge in [0.25, 0.3) is 0 Å². The third-order valence-corrected chi connectivity index (χ3v) is 0.638. The third-order valence-electron chi connectivity index (χ3n) is 0.638. The number of nitrogens with zero attached hydrogens (tertiary/aromatic N) is 1. The summed E-state index contributed by atoms with van der Waals surface area (Å²) >= 11 is 0. The molecule has 3 N–H and O–H groups in total. The molecule has 0 amide bonds. The Balaban J connectivity index is 2.77. The SMILES string of the molecule is Cc1cn(N)[nH]1. The summed E-state index contributed by atoms with van der Waals surface area (Å²) in [4.78, 5) is 1.41. The number of nitrogens with two attached hydrogens (primary N) is 1. The van der Waals surface area contributed by atoms with Gasteiger partial charge in [0.05, 0.1) is 11.9 Å². The van der Waals surface area contributed by atoms with Gasteiger partial charge < -0.3 is 5.84 Å². The van der Waals surface area contributed by atoms with E-state index in [4.69, 9.17) is 5.84 Å². The van der Waals surface area contributed by atoms with Crippen LogP contribution in [0, 0.1) is 6.92 Å². The summed E-state index contributed by atoms with van der Waals surface area (Å²) in [5.74, 6) is 5.11. The van der Waals surface area contributed by atoms with Crippen LogP contribution in [0.2, 0.25) is 0 Å². The van der Waals surface area contributed by atoms with E-state index in [1.54, 1.807) is 6.20 Å². The van der Waals surface area contributed by atoms with E-state index in [1.165, 1.54) is 4.79 Å². The predicted octanol–water partition coefficient (Wildman–Crippen LogP) is -0.162. The Morgan fingerprint density at radius 1 is 2.00 bits per heavy atom. The fourth-order valence-corrected chi connectivity index (χ4v) is 0.407. The molecule has 3 heteroatoms. The van der Waals surface area contributed by atoms with Gasteiger partial charge >= 0.3 is 0 Å². The molecule has 0 fully saturated rings. The Morgan fingerprint density at radius 3 is 2.50 bits per heavy atom. The smallest absolute Gasteiger partial charge is 0.0649 e. The number of hydrogen-bond acceptors (Lipinski definition) is 1. The molecular weight excluding hydrogens is 78.1 g/mol. The zero-order valence-electron chi connectivity index (χ0n) is 3.60. The zero-order valence-corrected chi connectivity index (χ0v) is 3.60. The molecule has 0 aliphatic rings. The number of nitrogens with one attached hydrogen (secondary N) is 1. The Morgan fingerprint density at radius 2 is 2.50 bits per heavy atom. The lowest BCUT2D eigenvalue weighted by Crippen LogP contribution is -2.18. The highest BCUT2D eigenvalue weighted by molar-refractivity contribution is 4.90. The standard InChI is InChI=1S/C3H7N3/c1-3-2-6(4)5-3/h2,5H,4H2,1H3. The second kappa shape index (κ2) is 0.801. The van der Waals surface area contributed by atoms with Gasteiger partial charge in [0, 0.05) is 0 Å². The molecule has 0 atom stereocenters. The number of nitrogen functional groups attached to an aromatic ring is 1. The summed E-state index contributed by atoms with van der Waals surface area (Å²) in [5, 5.41) is 2.78. The van der Waals surface area contributed by atoms with Crippen molar-refractivity contribution in [3.63, 3.8) is 0 Å². The van der Waals surface area contributed by atoms with Gasteiger partial charge in [-0.15, -0.1) is 0 Å².